The van der Waals surface area contributed by atoms with Crippen molar-refractivity contribution in [3.63, 3.8) is 0 Å². The quantitative estimate of drug-likeness (QED) is 0.762. The molecule has 0 spiro atoms. The highest BCUT2D eigenvalue weighted by Crippen LogP contribution is 2.33. The largest absolute Gasteiger partial charge is 0.397 e. The molecule has 4 nitrogen and oxygen atoms in total. The van der Waals surface area contributed by atoms with Gasteiger partial charge in [0.25, 0.3) is 0 Å². The number of hydrogen-bond acceptors (Lipinski definition) is 3. The Bertz CT molecular complexity index is 444. The van der Waals surface area contributed by atoms with Crippen molar-refractivity contribution < 1.29 is 4.79 Å². The first kappa shape index (κ1) is 11.8. The average Bonchev–Trinajstić information content (AvgIpc) is 2.58. The molecule has 4 N–H and O–H groups in total. The molecule has 4 heteroatoms. The lowest BCUT2D eigenvalue weighted by atomic mass is 10.1. The summed E-state index contributed by atoms with van der Waals surface area (Å²) in [4.78, 5) is 13.4. The Kier molecular flexibility index (Phi) is 2.96. The van der Waals surface area contributed by atoms with Gasteiger partial charge in [0.15, 0.2) is 0 Å². The first-order valence-corrected chi connectivity index (χ1v) is 5.95. The number of carbonyl (C=O) groups is 1. The van der Waals surface area contributed by atoms with Crippen LogP contribution in [0.5, 0.6) is 0 Å². The summed E-state index contributed by atoms with van der Waals surface area (Å²) in [6.07, 6.45) is 1.15. The summed E-state index contributed by atoms with van der Waals surface area (Å²) in [6, 6.07) is 5.68. The molecule has 2 rings (SSSR count). The third-order valence-electron chi connectivity index (χ3n) is 3.41. The van der Waals surface area contributed by atoms with E-state index in [9.17, 15) is 4.79 Å². The molecule has 1 saturated heterocycles. The van der Waals surface area contributed by atoms with Crippen LogP contribution in [0, 0.1) is 5.92 Å². The smallest absolute Gasteiger partial charge is 0.248 e. The Morgan fingerprint density at radius 2 is 2.12 bits per heavy atom. The number of nitrogens with zero attached hydrogens (tertiary/aromatic N) is 1. The van der Waals surface area contributed by atoms with Crippen LogP contribution in [-0.2, 0) is 0 Å². The Labute approximate surface area is 102 Å². The standard InChI is InChI=1S/C13H19N3O/c1-8-5-9(2)16(7-8)12-6-10(13(15)17)3-4-11(12)14/h3-4,6,8-9H,5,7,14H2,1-2H3,(H2,15,17). The first-order valence-electron chi connectivity index (χ1n) is 5.95. The number of nitrogen functional groups attached to an aromatic ring is 1. The maximum absolute atomic E-state index is 11.2. The molecule has 2 unspecified atom stereocenters. The lowest BCUT2D eigenvalue weighted by Gasteiger charge is -2.25. The third-order valence-corrected chi connectivity index (χ3v) is 3.41. The zero-order chi connectivity index (χ0) is 12.6. The van der Waals surface area contributed by atoms with E-state index in [1.54, 1.807) is 18.2 Å². The van der Waals surface area contributed by atoms with Crippen molar-refractivity contribution in [1.82, 2.24) is 0 Å². The van der Waals surface area contributed by atoms with Gasteiger partial charge in [-0.15, -0.1) is 0 Å². The molecule has 1 aliphatic rings. The lowest BCUT2D eigenvalue weighted by Crippen LogP contribution is -2.28. The number of primary amides is 1. The van der Waals surface area contributed by atoms with Crippen LogP contribution in [0.1, 0.15) is 30.6 Å². The number of carbonyl (C=O) groups excluding carboxylic acids is 1. The van der Waals surface area contributed by atoms with Crippen LogP contribution in [0.4, 0.5) is 11.4 Å². The molecule has 0 radical (unpaired) electrons. The number of rotatable bonds is 2. The first-order chi connectivity index (χ1) is 7.99. The van der Waals surface area contributed by atoms with Crippen LogP contribution >= 0.6 is 0 Å². The van der Waals surface area contributed by atoms with E-state index >= 15 is 0 Å². The molecule has 1 aromatic rings. The van der Waals surface area contributed by atoms with Gasteiger partial charge in [0, 0.05) is 18.2 Å². The average molecular weight is 233 g/mol. The van der Waals surface area contributed by atoms with Gasteiger partial charge in [-0.25, -0.2) is 0 Å². The van der Waals surface area contributed by atoms with Crippen LogP contribution < -0.4 is 16.4 Å². The second-order valence-corrected chi connectivity index (χ2v) is 4.98. The maximum Gasteiger partial charge on any atom is 0.248 e. The van der Waals surface area contributed by atoms with Gasteiger partial charge in [-0.1, -0.05) is 6.92 Å². The van der Waals surface area contributed by atoms with Crippen molar-refractivity contribution in [1.29, 1.82) is 0 Å². The highest BCUT2D eigenvalue weighted by Gasteiger charge is 2.27. The minimum atomic E-state index is -0.411. The summed E-state index contributed by atoms with van der Waals surface area (Å²) in [7, 11) is 0. The van der Waals surface area contributed by atoms with Crippen molar-refractivity contribution >= 4 is 17.3 Å². The molecule has 0 saturated carbocycles. The monoisotopic (exact) mass is 233 g/mol. The molecule has 0 bridgehead atoms. The summed E-state index contributed by atoms with van der Waals surface area (Å²) in [5.41, 5.74) is 13.4. The van der Waals surface area contributed by atoms with Crippen LogP contribution in [-0.4, -0.2) is 18.5 Å². The fourth-order valence-corrected chi connectivity index (χ4v) is 2.58. The van der Waals surface area contributed by atoms with Crippen LogP contribution in [0.2, 0.25) is 0 Å². The van der Waals surface area contributed by atoms with Gasteiger partial charge in [-0.05, 0) is 37.5 Å². The topological polar surface area (TPSA) is 72.3 Å². The summed E-state index contributed by atoms with van der Waals surface area (Å²) < 4.78 is 0. The van der Waals surface area contributed by atoms with E-state index in [0.717, 1.165) is 18.7 Å². The molecule has 2 atom stereocenters. The highest BCUT2D eigenvalue weighted by atomic mass is 16.1. The number of nitrogens with two attached hydrogens (primary N) is 2. The van der Waals surface area contributed by atoms with E-state index in [-0.39, 0.29) is 0 Å². The van der Waals surface area contributed by atoms with Gasteiger partial charge >= 0.3 is 0 Å². The predicted molar refractivity (Wildman–Crippen MR) is 70.0 cm³/mol. The van der Waals surface area contributed by atoms with E-state index in [1.807, 2.05) is 0 Å². The van der Waals surface area contributed by atoms with Crippen LogP contribution in [0.3, 0.4) is 0 Å². The molecule has 92 valence electrons. The van der Waals surface area contributed by atoms with Crippen LogP contribution in [0.25, 0.3) is 0 Å². The minimum absolute atomic E-state index is 0.411. The summed E-state index contributed by atoms with van der Waals surface area (Å²) in [5.74, 6) is 0.243. The molecule has 1 aliphatic heterocycles. The van der Waals surface area contributed by atoms with E-state index in [2.05, 4.69) is 18.7 Å². The Balaban J connectivity index is 2.37. The summed E-state index contributed by atoms with van der Waals surface area (Å²) in [6.45, 7) is 5.39. The molecule has 1 aromatic carbocycles. The molecular formula is C13H19N3O. The Morgan fingerprint density at radius 1 is 1.41 bits per heavy atom. The van der Waals surface area contributed by atoms with Gasteiger partial charge in [-0.3, -0.25) is 4.79 Å². The van der Waals surface area contributed by atoms with Crippen molar-refractivity contribution in [2.24, 2.45) is 11.7 Å². The molecule has 0 aliphatic carbocycles. The molecular weight excluding hydrogens is 214 g/mol. The van der Waals surface area contributed by atoms with Crippen molar-refractivity contribution in [3.05, 3.63) is 23.8 Å². The number of amides is 1. The van der Waals surface area contributed by atoms with Gasteiger partial charge in [-0.2, -0.15) is 0 Å². The molecule has 1 amide bonds. The van der Waals surface area contributed by atoms with Gasteiger partial charge < -0.3 is 16.4 Å². The van der Waals surface area contributed by atoms with E-state index in [1.165, 1.54) is 0 Å². The zero-order valence-corrected chi connectivity index (χ0v) is 10.3. The van der Waals surface area contributed by atoms with Gasteiger partial charge in [0.05, 0.1) is 11.4 Å². The fraction of sp³-hybridized carbons (Fsp3) is 0.462. The predicted octanol–water partition coefficient (Wildman–Crippen LogP) is 1.60. The van der Waals surface area contributed by atoms with Crippen molar-refractivity contribution in [2.75, 3.05) is 17.2 Å². The van der Waals surface area contributed by atoms with E-state index in [4.69, 9.17) is 11.5 Å². The fourth-order valence-electron chi connectivity index (χ4n) is 2.58. The normalized spacial score (nSPS) is 24.0. The van der Waals surface area contributed by atoms with Gasteiger partial charge in [0.1, 0.15) is 0 Å². The maximum atomic E-state index is 11.2. The van der Waals surface area contributed by atoms with E-state index in [0.29, 0.717) is 23.2 Å². The minimum Gasteiger partial charge on any atom is -0.397 e. The van der Waals surface area contributed by atoms with Crippen molar-refractivity contribution in [2.45, 2.75) is 26.3 Å². The molecule has 17 heavy (non-hydrogen) atoms. The number of hydrogen-bond donors (Lipinski definition) is 2. The highest BCUT2D eigenvalue weighted by molar-refractivity contribution is 5.95. The van der Waals surface area contributed by atoms with E-state index < -0.39 is 5.91 Å². The molecule has 1 heterocycles. The van der Waals surface area contributed by atoms with Crippen LogP contribution in [0.15, 0.2) is 18.2 Å². The molecule has 1 fully saturated rings. The second kappa shape index (κ2) is 4.28. The Morgan fingerprint density at radius 3 is 2.65 bits per heavy atom. The second-order valence-electron chi connectivity index (χ2n) is 4.98. The third kappa shape index (κ3) is 2.20. The lowest BCUT2D eigenvalue weighted by molar-refractivity contribution is 0.100. The molecule has 0 aromatic heterocycles. The number of anilines is 2. The van der Waals surface area contributed by atoms with Crippen molar-refractivity contribution in [3.8, 4) is 0 Å². The number of benzene rings is 1. The SMILES string of the molecule is CC1CC(C)N(c2cc(C(N)=O)ccc2N)C1. The zero-order valence-electron chi connectivity index (χ0n) is 10.3. The summed E-state index contributed by atoms with van der Waals surface area (Å²) >= 11 is 0. The van der Waals surface area contributed by atoms with Gasteiger partial charge in [0.2, 0.25) is 5.91 Å². The summed E-state index contributed by atoms with van der Waals surface area (Å²) in [5, 5.41) is 0. The Hall–Kier alpha value is -1.71.